The Morgan fingerprint density at radius 3 is 2.84 bits per heavy atom. The number of aryl methyl sites for hydroxylation is 1. The predicted octanol–water partition coefficient (Wildman–Crippen LogP) is 4.02. The van der Waals surface area contributed by atoms with Crippen molar-refractivity contribution >= 4 is 31.8 Å². The Morgan fingerprint density at radius 1 is 1.19 bits per heavy atom. The van der Waals surface area contributed by atoms with Gasteiger partial charge in [0, 0.05) is 49.0 Å². The predicted molar refractivity (Wildman–Crippen MR) is 125 cm³/mol. The van der Waals surface area contributed by atoms with Gasteiger partial charge in [0.2, 0.25) is 10.0 Å². The molecule has 0 spiro atoms. The lowest BCUT2D eigenvalue weighted by atomic mass is 10.0. The van der Waals surface area contributed by atoms with Crippen LogP contribution in [0.15, 0.2) is 65.8 Å². The van der Waals surface area contributed by atoms with Crippen molar-refractivity contribution < 1.29 is 8.42 Å². The monoisotopic (exact) mass is 436 g/mol. The second-order valence-electron chi connectivity index (χ2n) is 8.70. The quantitative estimate of drug-likeness (QED) is 0.480. The van der Waals surface area contributed by atoms with Crippen molar-refractivity contribution in [2.75, 3.05) is 19.6 Å². The van der Waals surface area contributed by atoms with Gasteiger partial charge in [-0.15, -0.1) is 0 Å². The molecule has 1 aliphatic rings. The summed E-state index contributed by atoms with van der Waals surface area (Å²) in [6.07, 6.45) is 5.11. The van der Waals surface area contributed by atoms with E-state index in [0.29, 0.717) is 12.5 Å². The number of aromatic nitrogens is 2. The molecule has 2 aromatic heterocycles. The lowest BCUT2D eigenvalue weighted by Gasteiger charge is -2.28. The Kier molecular flexibility index (Phi) is 5.12. The summed E-state index contributed by atoms with van der Waals surface area (Å²) in [5, 5.41) is 2.18. The number of likely N-dealkylation sites (tertiary alicyclic amines) is 1. The molecule has 0 radical (unpaired) electrons. The summed E-state index contributed by atoms with van der Waals surface area (Å²) >= 11 is 0. The minimum atomic E-state index is -3.63. The summed E-state index contributed by atoms with van der Waals surface area (Å²) in [6, 6.07) is 15.5. The highest BCUT2D eigenvalue weighted by Crippen LogP contribution is 2.33. The Balaban J connectivity index is 1.47. The van der Waals surface area contributed by atoms with Gasteiger partial charge in [-0.3, -0.25) is 4.90 Å². The van der Waals surface area contributed by atoms with E-state index in [1.54, 1.807) is 12.1 Å². The molecule has 0 aliphatic carbocycles. The number of fused-ring (bicyclic) bond motifs is 2. The molecule has 1 aliphatic heterocycles. The zero-order chi connectivity index (χ0) is 21.6. The standard InChI is InChI=1S/C24H28N4O2S/c1-17-10-12-28(15-17)24(21-16-27(2)23-6-4-3-5-20(21)23)14-26-31(29,30)19-8-7-18-9-11-25-22(18)13-19/h3-9,11,13,16-17,24-26H,10,12,14-15H2,1-2H3. The summed E-state index contributed by atoms with van der Waals surface area (Å²) < 4.78 is 31.3. The molecule has 3 heterocycles. The lowest BCUT2D eigenvalue weighted by Crippen LogP contribution is -2.37. The van der Waals surface area contributed by atoms with E-state index in [1.807, 2.05) is 37.5 Å². The van der Waals surface area contributed by atoms with Crippen LogP contribution < -0.4 is 4.72 Å². The molecule has 162 valence electrons. The van der Waals surface area contributed by atoms with E-state index < -0.39 is 10.0 Å². The Hall–Kier alpha value is -2.61. The molecular formula is C24H28N4O2S. The topological polar surface area (TPSA) is 70.1 Å². The molecule has 1 saturated heterocycles. The van der Waals surface area contributed by atoms with Crippen LogP contribution in [0.25, 0.3) is 21.8 Å². The second kappa shape index (κ2) is 7.82. The first kappa shape index (κ1) is 20.3. The third-order valence-corrected chi connectivity index (χ3v) is 7.91. The summed E-state index contributed by atoms with van der Waals surface area (Å²) in [5.74, 6) is 0.615. The number of sulfonamides is 1. The molecule has 0 amide bonds. The Labute approximate surface area is 182 Å². The van der Waals surface area contributed by atoms with Crippen molar-refractivity contribution in [1.82, 2.24) is 19.2 Å². The van der Waals surface area contributed by atoms with Crippen LogP contribution >= 0.6 is 0 Å². The van der Waals surface area contributed by atoms with Gasteiger partial charge in [0.15, 0.2) is 0 Å². The van der Waals surface area contributed by atoms with Crippen LogP contribution in [0, 0.1) is 5.92 Å². The summed E-state index contributed by atoms with van der Waals surface area (Å²) in [6.45, 7) is 4.55. The summed E-state index contributed by atoms with van der Waals surface area (Å²) in [5.41, 5.74) is 3.16. The first-order chi connectivity index (χ1) is 14.9. The van der Waals surface area contributed by atoms with Crippen LogP contribution in [-0.4, -0.2) is 42.5 Å². The zero-order valence-corrected chi connectivity index (χ0v) is 18.7. The minimum absolute atomic E-state index is 0.0138. The number of benzene rings is 2. The molecule has 6 nitrogen and oxygen atoms in total. The number of para-hydroxylation sites is 1. The average molecular weight is 437 g/mol. The van der Waals surface area contributed by atoms with Crippen molar-refractivity contribution in [1.29, 1.82) is 0 Å². The van der Waals surface area contributed by atoms with Crippen LogP contribution in [0.5, 0.6) is 0 Å². The van der Waals surface area contributed by atoms with Crippen molar-refractivity contribution in [3.8, 4) is 0 Å². The van der Waals surface area contributed by atoms with Gasteiger partial charge in [-0.2, -0.15) is 0 Å². The second-order valence-corrected chi connectivity index (χ2v) is 10.5. The van der Waals surface area contributed by atoms with Crippen LogP contribution in [0.4, 0.5) is 0 Å². The fraction of sp³-hybridized carbons (Fsp3) is 0.333. The van der Waals surface area contributed by atoms with E-state index in [0.717, 1.165) is 35.9 Å². The van der Waals surface area contributed by atoms with Crippen LogP contribution in [0.3, 0.4) is 0 Å². The number of nitrogens with one attached hydrogen (secondary N) is 2. The molecule has 2 atom stereocenters. The van der Waals surface area contributed by atoms with Gasteiger partial charge in [-0.1, -0.05) is 31.2 Å². The van der Waals surface area contributed by atoms with Crippen molar-refractivity contribution in [2.24, 2.45) is 13.0 Å². The van der Waals surface area contributed by atoms with Gasteiger partial charge >= 0.3 is 0 Å². The zero-order valence-electron chi connectivity index (χ0n) is 17.9. The molecule has 31 heavy (non-hydrogen) atoms. The Bertz CT molecular complexity index is 1340. The maximum Gasteiger partial charge on any atom is 0.240 e. The first-order valence-corrected chi connectivity index (χ1v) is 12.3. The van der Waals surface area contributed by atoms with Gasteiger partial charge in [-0.05, 0) is 54.1 Å². The van der Waals surface area contributed by atoms with Gasteiger partial charge in [0.05, 0.1) is 10.9 Å². The van der Waals surface area contributed by atoms with E-state index in [-0.39, 0.29) is 10.9 Å². The van der Waals surface area contributed by atoms with Gasteiger partial charge in [0.1, 0.15) is 0 Å². The highest BCUT2D eigenvalue weighted by atomic mass is 32.2. The van der Waals surface area contributed by atoms with Crippen molar-refractivity contribution in [2.45, 2.75) is 24.3 Å². The molecule has 0 saturated carbocycles. The molecule has 0 bridgehead atoms. The highest BCUT2D eigenvalue weighted by Gasteiger charge is 2.30. The lowest BCUT2D eigenvalue weighted by molar-refractivity contribution is 0.240. The fourth-order valence-corrected chi connectivity index (χ4v) is 5.86. The van der Waals surface area contributed by atoms with E-state index in [9.17, 15) is 8.42 Å². The molecule has 4 aromatic rings. The molecule has 2 N–H and O–H groups in total. The van der Waals surface area contributed by atoms with Crippen molar-refractivity contribution in [3.05, 3.63) is 66.5 Å². The molecular weight excluding hydrogens is 408 g/mol. The SMILES string of the molecule is CC1CCN(C(CNS(=O)(=O)c2ccc3cc[nH]c3c2)c2cn(C)c3ccccc23)C1. The smallest absolute Gasteiger partial charge is 0.240 e. The summed E-state index contributed by atoms with van der Waals surface area (Å²) in [7, 11) is -1.58. The summed E-state index contributed by atoms with van der Waals surface area (Å²) in [4.78, 5) is 5.80. The maximum atomic E-state index is 13.1. The van der Waals surface area contributed by atoms with Crippen molar-refractivity contribution in [3.63, 3.8) is 0 Å². The third kappa shape index (κ3) is 3.78. The minimum Gasteiger partial charge on any atom is -0.361 e. The van der Waals surface area contributed by atoms with E-state index in [4.69, 9.17) is 0 Å². The normalized spacial score (nSPS) is 18.8. The van der Waals surface area contributed by atoms with Gasteiger partial charge in [0.25, 0.3) is 0 Å². The van der Waals surface area contributed by atoms with Crippen LogP contribution in [-0.2, 0) is 17.1 Å². The number of hydrogen-bond acceptors (Lipinski definition) is 3. The van der Waals surface area contributed by atoms with E-state index in [1.165, 1.54) is 10.9 Å². The Morgan fingerprint density at radius 2 is 2.03 bits per heavy atom. The fourth-order valence-electron chi connectivity index (χ4n) is 4.79. The van der Waals surface area contributed by atoms with E-state index in [2.05, 4.69) is 44.4 Å². The molecule has 2 unspecified atom stereocenters. The van der Waals surface area contributed by atoms with E-state index >= 15 is 0 Å². The largest absolute Gasteiger partial charge is 0.361 e. The first-order valence-electron chi connectivity index (χ1n) is 10.8. The number of hydrogen-bond donors (Lipinski definition) is 2. The molecule has 5 rings (SSSR count). The molecule has 1 fully saturated rings. The number of H-pyrrole nitrogens is 1. The molecule has 7 heteroatoms. The number of nitrogens with zero attached hydrogens (tertiary/aromatic N) is 2. The third-order valence-electron chi connectivity index (χ3n) is 6.49. The molecule has 2 aromatic carbocycles. The van der Waals surface area contributed by atoms with Gasteiger partial charge < -0.3 is 9.55 Å². The number of rotatable bonds is 6. The average Bonchev–Trinajstić information content (AvgIpc) is 3.48. The maximum absolute atomic E-state index is 13.1. The number of aromatic amines is 1. The highest BCUT2D eigenvalue weighted by molar-refractivity contribution is 7.89. The van der Waals surface area contributed by atoms with Gasteiger partial charge in [-0.25, -0.2) is 13.1 Å². The van der Waals surface area contributed by atoms with Crippen LogP contribution in [0.2, 0.25) is 0 Å². The van der Waals surface area contributed by atoms with Crippen LogP contribution in [0.1, 0.15) is 24.9 Å².